The molecule has 0 spiro atoms. The van der Waals surface area contributed by atoms with Crippen LogP contribution in [-0.4, -0.2) is 37.8 Å². The first-order valence-corrected chi connectivity index (χ1v) is 11.1. The summed E-state index contributed by atoms with van der Waals surface area (Å²) >= 11 is 0. The number of imidazole rings is 2. The average molecular weight is 443 g/mol. The molecule has 12 heteroatoms. The maximum absolute atomic E-state index is 13.3. The van der Waals surface area contributed by atoms with Crippen molar-refractivity contribution in [2.24, 2.45) is 14.1 Å². The van der Waals surface area contributed by atoms with Crippen LogP contribution in [0.4, 0.5) is 13.2 Å². The summed E-state index contributed by atoms with van der Waals surface area (Å²) in [6.45, 7) is 2.00. The van der Waals surface area contributed by atoms with E-state index in [0.29, 0.717) is 23.4 Å². The molecule has 0 saturated carbocycles. The molecule has 3 aromatic heterocycles. The second kappa shape index (κ2) is 6.69. The lowest BCUT2D eigenvalue weighted by atomic mass is 10.2. The molecule has 0 N–H and O–H groups in total. The van der Waals surface area contributed by atoms with Gasteiger partial charge in [-0.2, -0.15) is 13.2 Å². The lowest BCUT2D eigenvalue weighted by Crippen LogP contribution is -2.26. The summed E-state index contributed by atoms with van der Waals surface area (Å²) < 4.78 is 69.1. The van der Waals surface area contributed by atoms with Crippen LogP contribution in [0.3, 0.4) is 0 Å². The summed E-state index contributed by atoms with van der Waals surface area (Å²) in [5.41, 5.74) is -2.14. The summed E-state index contributed by atoms with van der Waals surface area (Å²) in [6, 6.07) is 0.796. The number of aromatic nitrogens is 5. The summed E-state index contributed by atoms with van der Waals surface area (Å²) in [6.07, 6.45) is -2.48. The van der Waals surface area contributed by atoms with E-state index in [1.54, 1.807) is 4.57 Å². The Bertz CT molecular complexity index is 1330. The molecule has 0 atom stereocenters. The Labute approximate surface area is 169 Å². The Kier molecular flexibility index (Phi) is 4.60. The van der Waals surface area contributed by atoms with E-state index in [1.165, 1.54) is 18.5 Å². The van der Waals surface area contributed by atoms with E-state index in [0.717, 1.165) is 26.0 Å². The highest BCUT2D eigenvalue weighted by molar-refractivity contribution is 7.91. The number of hydrogen-bond donors (Lipinski definition) is 0. The fraction of sp³-hybridized carbons (Fsp3) is 0.500. The number of rotatable bonds is 3. The molecule has 0 fully saturated rings. The molecule has 1 aliphatic heterocycles. The van der Waals surface area contributed by atoms with E-state index >= 15 is 0 Å². The largest absolute Gasteiger partial charge is 0.431 e. The monoisotopic (exact) mass is 443 g/mol. The van der Waals surface area contributed by atoms with Crippen LogP contribution in [-0.2, 0) is 43.1 Å². The molecule has 0 saturated heterocycles. The van der Waals surface area contributed by atoms with E-state index in [-0.39, 0.29) is 33.3 Å². The molecular formula is C18H20F3N5O3S. The second-order valence-corrected chi connectivity index (χ2v) is 9.51. The van der Waals surface area contributed by atoms with Crippen LogP contribution >= 0.6 is 0 Å². The van der Waals surface area contributed by atoms with E-state index < -0.39 is 27.3 Å². The quantitative estimate of drug-likeness (QED) is 0.619. The van der Waals surface area contributed by atoms with E-state index in [9.17, 15) is 26.4 Å². The molecule has 4 rings (SSSR count). The number of nitrogens with zero attached hydrogens (tertiary/aromatic N) is 5. The number of pyridine rings is 1. The Morgan fingerprint density at radius 3 is 2.47 bits per heavy atom. The molecule has 0 amide bonds. The van der Waals surface area contributed by atoms with E-state index in [2.05, 4.69) is 9.97 Å². The van der Waals surface area contributed by atoms with Crippen molar-refractivity contribution < 1.29 is 21.6 Å². The maximum atomic E-state index is 13.3. The van der Waals surface area contributed by atoms with Gasteiger partial charge in [0.05, 0.1) is 11.3 Å². The van der Waals surface area contributed by atoms with Crippen molar-refractivity contribution in [3.8, 4) is 11.5 Å². The molecular weight excluding hydrogens is 423 g/mol. The molecule has 0 radical (unpaired) electrons. The molecule has 0 bridgehead atoms. The van der Waals surface area contributed by atoms with Gasteiger partial charge < -0.3 is 13.7 Å². The van der Waals surface area contributed by atoms with Gasteiger partial charge in [-0.25, -0.2) is 18.4 Å². The van der Waals surface area contributed by atoms with Gasteiger partial charge >= 0.3 is 6.18 Å². The summed E-state index contributed by atoms with van der Waals surface area (Å²) in [5, 5.41) is 0.00553. The van der Waals surface area contributed by atoms with Gasteiger partial charge in [0.1, 0.15) is 22.7 Å². The van der Waals surface area contributed by atoms with Gasteiger partial charge in [-0.15, -0.1) is 0 Å². The molecule has 0 aliphatic carbocycles. The third-order valence-electron chi connectivity index (χ3n) is 5.47. The van der Waals surface area contributed by atoms with Gasteiger partial charge in [0.15, 0.2) is 20.7 Å². The number of sulfone groups is 1. The Balaban J connectivity index is 2.07. The molecule has 3 aromatic rings. The fourth-order valence-corrected chi connectivity index (χ4v) is 5.14. The van der Waals surface area contributed by atoms with Gasteiger partial charge in [-0.3, -0.25) is 4.79 Å². The van der Waals surface area contributed by atoms with Crippen LogP contribution in [0.5, 0.6) is 0 Å². The standard InChI is InChI=1S/C18H20F3N5O3S/c1-4-30(28,29)17-13(23-12-7-5-6-8-26(12)17)15-22-10-9-11(18(19,20)21)24(2)16(27)14(10)25(15)3/h9H,4-8H2,1-3H3. The Morgan fingerprint density at radius 1 is 1.13 bits per heavy atom. The minimum Gasteiger partial charge on any atom is -0.321 e. The third-order valence-corrected chi connectivity index (χ3v) is 7.24. The first kappa shape index (κ1) is 20.6. The maximum Gasteiger partial charge on any atom is 0.431 e. The van der Waals surface area contributed by atoms with Crippen molar-refractivity contribution in [3.63, 3.8) is 0 Å². The van der Waals surface area contributed by atoms with Crippen LogP contribution in [0.15, 0.2) is 15.9 Å². The molecule has 0 unspecified atom stereocenters. The minimum atomic E-state index is -4.73. The zero-order valence-corrected chi connectivity index (χ0v) is 17.4. The predicted molar refractivity (Wildman–Crippen MR) is 103 cm³/mol. The first-order chi connectivity index (χ1) is 14.0. The van der Waals surface area contributed by atoms with Crippen LogP contribution in [0.1, 0.15) is 31.3 Å². The van der Waals surface area contributed by atoms with Gasteiger partial charge in [-0.05, 0) is 18.9 Å². The summed E-state index contributed by atoms with van der Waals surface area (Å²) in [5.74, 6) is 0.490. The average Bonchev–Trinajstić information content (AvgIpc) is 3.22. The van der Waals surface area contributed by atoms with Crippen molar-refractivity contribution in [1.29, 1.82) is 0 Å². The lowest BCUT2D eigenvalue weighted by Gasteiger charge is -2.16. The topological polar surface area (TPSA) is 91.8 Å². The van der Waals surface area contributed by atoms with E-state index in [1.807, 2.05) is 0 Å². The van der Waals surface area contributed by atoms with Gasteiger partial charge in [0.2, 0.25) is 0 Å². The van der Waals surface area contributed by atoms with Gasteiger partial charge in [0.25, 0.3) is 5.56 Å². The van der Waals surface area contributed by atoms with Crippen LogP contribution in [0.2, 0.25) is 0 Å². The Hall–Kier alpha value is -2.63. The first-order valence-electron chi connectivity index (χ1n) is 9.43. The highest BCUT2D eigenvalue weighted by Gasteiger charge is 2.36. The molecule has 162 valence electrons. The van der Waals surface area contributed by atoms with Crippen molar-refractivity contribution >= 4 is 20.9 Å². The molecule has 8 nitrogen and oxygen atoms in total. The van der Waals surface area contributed by atoms with Crippen LogP contribution in [0.25, 0.3) is 22.6 Å². The zero-order valence-electron chi connectivity index (χ0n) is 16.6. The fourth-order valence-electron chi connectivity index (χ4n) is 3.91. The minimum absolute atomic E-state index is 0.00553. The zero-order chi connectivity index (χ0) is 22.0. The number of fused-ring (bicyclic) bond motifs is 2. The van der Waals surface area contributed by atoms with Crippen molar-refractivity contribution in [2.45, 2.75) is 43.9 Å². The number of hydrogen-bond acceptors (Lipinski definition) is 5. The number of alkyl halides is 3. The highest BCUT2D eigenvalue weighted by Crippen LogP contribution is 2.34. The Morgan fingerprint density at radius 2 is 1.83 bits per heavy atom. The molecule has 0 aromatic carbocycles. The molecule has 1 aliphatic rings. The van der Waals surface area contributed by atoms with Crippen LogP contribution in [0, 0.1) is 0 Å². The lowest BCUT2D eigenvalue weighted by molar-refractivity contribution is -0.143. The summed E-state index contributed by atoms with van der Waals surface area (Å²) in [7, 11) is -1.18. The van der Waals surface area contributed by atoms with E-state index in [4.69, 9.17) is 0 Å². The van der Waals surface area contributed by atoms with Crippen LogP contribution < -0.4 is 5.56 Å². The summed E-state index contributed by atoms with van der Waals surface area (Å²) in [4.78, 5) is 21.4. The normalized spacial score (nSPS) is 15.0. The number of aryl methyl sites for hydroxylation is 2. The second-order valence-electron chi connectivity index (χ2n) is 7.31. The smallest absolute Gasteiger partial charge is 0.321 e. The van der Waals surface area contributed by atoms with Gasteiger partial charge in [0, 0.05) is 27.1 Å². The SMILES string of the molecule is CCS(=O)(=O)c1c(-c2nc3cc(C(F)(F)F)n(C)c(=O)c3n2C)nc2n1CCCC2. The third kappa shape index (κ3) is 2.96. The highest BCUT2D eigenvalue weighted by atomic mass is 32.2. The molecule has 4 heterocycles. The molecule has 30 heavy (non-hydrogen) atoms. The van der Waals surface area contributed by atoms with Gasteiger partial charge in [-0.1, -0.05) is 6.92 Å². The predicted octanol–water partition coefficient (Wildman–Crippen LogP) is 2.28. The van der Waals surface area contributed by atoms with Crippen molar-refractivity contribution in [2.75, 3.05) is 5.75 Å². The van der Waals surface area contributed by atoms with Crippen molar-refractivity contribution in [3.05, 3.63) is 27.9 Å². The van der Waals surface area contributed by atoms with Crippen molar-refractivity contribution in [1.82, 2.24) is 23.7 Å². The number of halogens is 3.